The van der Waals surface area contributed by atoms with Crippen LogP contribution >= 0.6 is 0 Å². The standard InChI is InChI=1S/C12H21NO5/c1-5-6-9(2)12(16)13(7-10(14)17-3)8-11(15)18-4/h9H,5-8H2,1-4H3. The Labute approximate surface area is 107 Å². The summed E-state index contributed by atoms with van der Waals surface area (Å²) in [7, 11) is 2.47. The van der Waals surface area contributed by atoms with Crippen molar-refractivity contribution in [3.8, 4) is 0 Å². The van der Waals surface area contributed by atoms with Gasteiger partial charge in [-0.15, -0.1) is 0 Å². The Bertz CT molecular complexity index is 285. The number of carbonyl (C=O) groups is 3. The Hall–Kier alpha value is -1.59. The van der Waals surface area contributed by atoms with Crippen LogP contribution in [0.5, 0.6) is 0 Å². The molecule has 0 rings (SSSR count). The summed E-state index contributed by atoms with van der Waals surface area (Å²) in [6.07, 6.45) is 1.56. The van der Waals surface area contributed by atoms with Crippen molar-refractivity contribution in [1.82, 2.24) is 4.90 Å². The van der Waals surface area contributed by atoms with Crippen molar-refractivity contribution in [2.24, 2.45) is 5.92 Å². The van der Waals surface area contributed by atoms with Gasteiger partial charge in [0.05, 0.1) is 14.2 Å². The van der Waals surface area contributed by atoms with Crippen LogP contribution in [0, 0.1) is 5.92 Å². The first-order chi connectivity index (χ1) is 8.46. The third kappa shape index (κ3) is 5.65. The van der Waals surface area contributed by atoms with Gasteiger partial charge in [0.15, 0.2) is 0 Å². The molecule has 18 heavy (non-hydrogen) atoms. The van der Waals surface area contributed by atoms with Crippen LogP contribution < -0.4 is 0 Å². The highest BCUT2D eigenvalue weighted by Crippen LogP contribution is 2.10. The van der Waals surface area contributed by atoms with Crippen LogP contribution in [-0.4, -0.2) is 50.1 Å². The monoisotopic (exact) mass is 259 g/mol. The lowest BCUT2D eigenvalue weighted by Crippen LogP contribution is -2.42. The van der Waals surface area contributed by atoms with E-state index in [9.17, 15) is 14.4 Å². The van der Waals surface area contributed by atoms with Crippen molar-refractivity contribution in [2.45, 2.75) is 26.7 Å². The quantitative estimate of drug-likeness (QED) is 0.626. The van der Waals surface area contributed by atoms with E-state index < -0.39 is 11.9 Å². The number of hydrogen-bond acceptors (Lipinski definition) is 5. The fourth-order valence-electron chi connectivity index (χ4n) is 1.52. The fraction of sp³-hybridized carbons (Fsp3) is 0.750. The van der Waals surface area contributed by atoms with Gasteiger partial charge in [0.2, 0.25) is 5.91 Å². The number of methoxy groups -OCH3 is 2. The molecule has 0 saturated carbocycles. The van der Waals surface area contributed by atoms with Gasteiger partial charge >= 0.3 is 11.9 Å². The van der Waals surface area contributed by atoms with Crippen LogP contribution in [0.2, 0.25) is 0 Å². The molecule has 0 aliphatic carbocycles. The predicted molar refractivity (Wildman–Crippen MR) is 64.7 cm³/mol. The van der Waals surface area contributed by atoms with Crippen LogP contribution in [-0.2, 0) is 23.9 Å². The molecule has 0 aromatic carbocycles. The van der Waals surface area contributed by atoms with Gasteiger partial charge in [-0.1, -0.05) is 20.3 Å². The zero-order valence-electron chi connectivity index (χ0n) is 11.4. The van der Waals surface area contributed by atoms with Crippen LogP contribution in [0.25, 0.3) is 0 Å². The second-order valence-electron chi connectivity index (χ2n) is 4.04. The zero-order valence-corrected chi connectivity index (χ0v) is 11.4. The van der Waals surface area contributed by atoms with E-state index in [4.69, 9.17) is 0 Å². The number of carbonyl (C=O) groups excluding carboxylic acids is 3. The normalized spacial score (nSPS) is 11.6. The highest BCUT2D eigenvalue weighted by Gasteiger charge is 2.24. The number of hydrogen-bond donors (Lipinski definition) is 0. The molecule has 0 saturated heterocycles. The maximum absolute atomic E-state index is 12.0. The molecule has 0 radical (unpaired) electrons. The van der Waals surface area contributed by atoms with Gasteiger partial charge in [-0.25, -0.2) is 0 Å². The van der Waals surface area contributed by atoms with Crippen molar-refractivity contribution in [2.75, 3.05) is 27.3 Å². The van der Waals surface area contributed by atoms with Crippen molar-refractivity contribution >= 4 is 17.8 Å². The first kappa shape index (κ1) is 16.4. The Morgan fingerprint density at radius 1 is 1.06 bits per heavy atom. The average Bonchev–Trinajstić information content (AvgIpc) is 2.36. The van der Waals surface area contributed by atoms with Gasteiger partial charge in [-0.2, -0.15) is 0 Å². The van der Waals surface area contributed by atoms with Gasteiger partial charge in [-0.3, -0.25) is 14.4 Å². The molecule has 1 atom stereocenters. The van der Waals surface area contributed by atoms with Gasteiger partial charge in [-0.05, 0) is 6.42 Å². The Balaban J connectivity index is 4.67. The van der Waals surface area contributed by atoms with Gasteiger partial charge < -0.3 is 14.4 Å². The maximum atomic E-state index is 12.0. The predicted octanol–water partition coefficient (Wildman–Crippen LogP) is 0.597. The van der Waals surface area contributed by atoms with Crippen molar-refractivity contribution < 1.29 is 23.9 Å². The number of esters is 2. The van der Waals surface area contributed by atoms with E-state index in [1.165, 1.54) is 14.2 Å². The van der Waals surface area contributed by atoms with Crippen LogP contribution in [0.1, 0.15) is 26.7 Å². The summed E-state index contributed by atoms with van der Waals surface area (Å²) in [5, 5.41) is 0. The lowest BCUT2D eigenvalue weighted by molar-refractivity contribution is -0.153. The van der Waals surface area contributed by atoms with Gasteiger partial charge in [0, 0.05) is 5.92 Å². The molecule has 104 valence electrons. The minimum atomic E-state index is -0.559. The molecular weight excluding hydrogens is 238 g/mol. The van der Waals surface area contributed by atoms with Crippen molar-refractivity contribution in [1.29, 1.82) is 0 Å². The summed E-state index contributed by atoms with van der Waals surface area (Å²) in [6.45, 7) is 3.26. The van der Waals surface area contributed by atoms with E-state index in [-0.39, 0.29) is 24.9 Å². The third-order valence-electron chi connectivity index (χ3n) is 2.55. The molecule has 0 aliphatic rings. The summed E-state index contributed by atoms with van der Waals surface area (Å²) in [6, 6.07) is 0. The highest BCUT2D eigenvalue weighted by molar-refractivity contribution is 5.87. The lowest BCUT2D eigenvalue weighted by Gasteiger charge is -2.23. The third-order valence-corrected chi connectivity index (χ3v) is 2.55. The summed E-state index contributed by atoms with van der Waals surface area (Å²) in [4.78, 5) is 35.6. The molecule has 0 spiro atoms. The van der Waals surface area contributed by atoms with Crippen LogP contribution in [0.4, 0.5) is 0 Å². The molecule has 0 heterocycles. The molecule has 0 N–H and O–H groups in total. The summed E-state index contributed by atoms with van der Waals surface area (Å²) in [5.41, 5.74) is 0. The van der Waals surface area contributed by atoms with E-state index in [2.05, 4.69) is 9.47 Å². The minimum Gasteiger partial charge on any atom is -0.468 e. The zero-order chi connectivity index (χ0) is 14.1. The smallest absolute Gasteiger partial charge is 0.325 e. The van der Waals surface area contributed by atoms with Crippen LogP contribution in [0.3, 0.4) is 0 Å². The molecule has 0 fully saturated rings. The number of nitrogens with zero attached hydrogens (tertiary/aromatic N) is 1. The minimum absolute atomic E-state index is 0.232. The second-order valence-corrected chi connectivity index (χ2v) is 4.04. The molecule has 1 unspecified atom stereocenters. The SMILES string of the molecule is CCCC(C)C(=O)N(CC(=O)OC)CC(=O)OC. The lowest BCUT2D eigenvalue weighted by atomic mass is 10.0. The summed E-state index contributed by atoms with van der Waals surface area (Å²) in [5.74, 6) is -1.59. The summed E-state index contributed by atoms with van der Waals surface area (Å²) >= 11 is 0. The maximum Gasteiger partial charge on any atom is 0.325 e. The Morgan fingerprint density at radius 2 is 1.50 bits per heavy atom. The van der Waals surface area contributed by atoms with E-state index in [1.807, 2.05) is 6.92 Å². The van der Waals surface area contributed by atoms with E-state index in [0.29, 0.717) is 6.42 Å². The molecule has 6 nitrogen and oxygen atoms in total. The van der Waals surface area contributed by atoms with Crippen molar-refractivity contribution in [3.05, 3.63) is 0 Å². The highest BCUT2D eigenvalue weighted by atomic mass is 16.5. The molecule has 0 aliphatic heterocycles. The van der Waals surface area contributed by atoms with Gasteiger partial charge in [0.25, 0.3) is 0 Å². The molecule has 0 bridgehead atoms. The molecule has 6 heteroatoms. The summed E-state index contributed by atoms with van der Waals surface area (Å²) < 4.78 is 9.00. The van der Waals surface area contributed by atoms with Crippen molar-refractivity contribution in [3.63, 3.8) is 0 Å². The number of ether oxygens (including phenoxy) is 2. The first-order valence-corrected chi connectivity index (χ1v) is 5.88. The molecular formula is C12H21NO5. The van der Waals surface area contributed by atoms with E-state index >= 15 is 0 Å². The molecule has 0 aromatic rings. The molecule has 1 amide bonds. The second kappa shape index (κ2) is 8.49. The van der Waals surface area contributed by atoms with Crippen LogP contribution in [0.15, 0.2) is 0 Å². The average molecular weight is 259 g/mol. The largest absolute Gasteiger partial charge is 0.468 e. The Morgan fingerprint density at radius 3 is 1.83 bits per heavy atom. The number of amides is 1. The molecule has 0 aromatic heterocycles. The number of rotatable bonds is 7. The fourth-order valence-corrected chi connectivity index (χ4v) is 1.52. The Kier molecular flexibility index (Phi) is 7.74. The first-order valence-electron chi connectivity index (χ1n) is 5.88. The van der Waals surface area contributed by atoms with E-state index in [0.717, 1.165) is 11.3 Å². The van der Waals surface area contributed by atoms with Gasteiger partial charge in [0.1, 0.15) is 13.1 Å². The van der Waals surface area contributed by atoms with E-state index in [1.54, 1.807) is 6.92 Å². The topological polar surface area (TPSA) is 72.9 Å².